The van der Waals surface area contributed by atoms with E-state index in [1.807, 2.05) is 33.9 Å². The maximum Gasteiger partial charge on any atom is 0.305 e. The molecule has 0 fully saturated rings. The van der Waals surface area contributed by atoms with Gasteiger partial charge in [0.25, 0.3) is 0 Å². The summed E-state index contributed by atoms with van der Waals surface area (Å²) in [6.45, 7) is 10.1. The van der Waals surface area contributed by atoms with Crippen molar-refractivity contribution < 1.29 is 34.4 Å². The zero-order chi connectivity index (χ0) is 18.4. The molecule has 4 N–H and O–H groups in total. The van der Waals surface area contributed by atoms with Crippen LogP contribution in [0.25, 0.3) is 0 Å². The second kappa shape index (κ2) is 8.77. The average molecular weight is 350 g/mol. The largest absolute Gasteiger partial charge is 0.481 e. The van der Waals surface area contributed by atoms with E-state index in [9.17, 15) is 19.8 Å². The number of aliphatic carboxylic acids is 2. The molecule has 0 aliphatic carbocycles. The van der Waals surface area contributed by atoms with Crippen LogP contribution in [-0.2, 0) is 14.0 Å². The fourth-order valence-electron chi connectivity index (χ4n) is 1.96. The van der Waals surface area contributed by atoms with Crippen LogP contribution in [0.3, 0.4) is 0 Å². The van der Waals surface area contributed by atoms with Crippen LogP contribution in [0.1, 0.15) is 46.5 Å². The minimum absolute atomic E-state index is 0.0511. The Morgan fingerprint density at radius 2 is 1.30 bits per heavy atom. The Labute approximate surface area is 138 Å². The van der Waals surface area contributed by atoms with Crippen molar-refractivity contribution in [2.45, 2.75) is 82.9 Å². The van der Waals surface area contributed by atoms with Crippen molar-refractivity contribution in [1.82, 2.24) is 0 Å². The maximum absolute atomic E-state index is 10.7. The van der Waals surface area contributed by atoms with Gasteiger partial charge in [-0.15, -0.1) is 0 Å². The van der Waals surface area contributed by atoms with Crippen LogP contribution in [0.2, 0.25) is 18.1 Å². The van der Waals surface area contributed by atoms with Crippen molar-refractivity contribution in [3.63, 3.8) is 0 Å². The molecule has 0 aromatic heterocycles. The highest BCUT2D eigenvalue weighted by molar-refractivity contribution is 6.74. The standard InChI is InChI=1S/C15H30O7Si/c1-15(2,3)23(4,5)22-12(6-10(16)8-13(18)19)7-11(17)9-14(20)21/h10-12,16-17H,6-9H2,1-5H3,(H,18,19)(H,20,21)/t10-,11-/m1/s1. The zero-order valence-electron chi connectivity index (χ0n) is 14.6. The molecule has 0 aromatic carbocycles. The molecule has 0 radical (unpaired) electrons. The average Bonchev–Trinajstić information content (AvgIpc) is 2.22. The minimum Gasteiger partial charge on any atom is -0.481 e. The number of hydrogen-bond acceptors (Lipinski definition) is 5. The first-order valence-corrected chi connectivity index (χ1v) is 10.6. The Kier molecular flexibility index (Phi) is 8.40. The molecule has 8 heteroatoms. The number of aliphatic hydroxyl groups is 2. The van der Waals surface area contributed by atoms with E-state index in [0.717, 1.165) is 0 Å². The smallest absolute Gasteiger partial charge is 0.305 e. The van der Waals surface area contributed by atoms with Gasteiger partial charge in [-0.25, -0.2) is 0 Å². The number of rotatable bonds is 10. The van der Waals surface area contributed by atoms with Crippen LogP contribution in [-0.4, -0.2) is 59.0 Å². The predicted octanol–water partition coefficient (Wildman–Crippen LogP) is 1.83. The van der Waals surface area contributed by atoms with Gasteiger partial charge in [-0.05, 0) is 31.0 Å². The van der Waals surface area contributed by atoms with Crippen molar-refractivity contribution in [3.8, 4) is 0 Å². The first-order chi connectivity index (χ1) is 10.2. The lowest BCUT2D eigenvalue weighted by Gasteiger charge is -2.40. The third-order valence-corrected chi connectivity index (χ3v) is 8.69. The molecular formula is C15H30O7Si. The number of aliphatic hydroxyl groups excluding tert-OH is 2. The third kappa shape index (κ3) is 9.04. The van der Waals surface area contributed by atoms with Crippen LogP contribution >= 0.6 is 0 Å². The van der Waals surface area contributed by atoms with Crippen molar-refractivity contribution >= 4 is 20.3 Å². The third-order valence-electron chi connectivity index (χ3n) is 4.16. The van der Waals surface area contributed by atoms with Gasteiger partial charge in [0.15, 0.2) is 8.32 Å². The predicted molar refractivity (Wildman–Crippen MR) is 87.8 cm³/mol. The highest BCUT2D eigenvalue weighted by Crippen LogP contribution is 2.38. The number of carbonyl (C=O) groups is 2. The van der Waals surface area contributed by atoms with Gasteiger partial charge in [0.1, 0.15) is 0 Å². The molecule has 0 amide bonds. The first-order valence-electron chi connectivity index (χ1n) is 7.72. The Hall–Kier alpha value is -0.963. The van der Waals surface area contributed by atoms with E-state index in [1.165, 1.54) is 0 Å². The molecule has 0 bridgehead atoms. The fourth-order valence-corrected chi connectivity index (χ4v) is 3.34. The van der Waals surface area contributed by atoms with Gasteiger partial charge < -0.3 is 24.9 Å². The summed E-state index contributed by atoms with van der Waals surface area (Å²) >= 11 is 0. The Balaban J connectivity index is 4.99. The summed E-state index contributed by atoms with van der Waals surface area (Å²) in [5.41, 5.74) is 0. The van der Waals surface area contributed by atoms with Crippen LogP contribution in [0, 0.1) is 0 Å². The second-order valence-electron chi connectivity index (χ2n) is 7.47. The molecular weight excluding hydrogens is 320 g/mol. The van der Waals surface area contributed by atoms with Crippen molar-refractivity contribution in [2.24, 2.45) is 0 Å². The molecule has 0 spiro atoms. The molecule has 0 aliphatic rings. The van der Waals surface area contributed by atoms with Crippen LogP contribution in [0.4, 0.5) is 0 Å². The van der Waals surface area contributed by atoms with Gasteiger partial charge in [-0.3, -0.25) is 9.59 Å². The van der Waals surface area contributed by atoms with Gasteiger partial charge in [0.05, 0.1) is 25.0 Å². The van der Waals surface area contributed by atoms with Gasteiger partial charge in [-0.1, -0.05) is 20.8 Å². The summed E-state index contributed by atoms with van der Waals surface area (Å²) in [6.07, 6.45) is -3.50. The van der Waals surface area contributed by atoms with E-state index in [2.05, 4.69) is 0 Å². The monoisotopic (exact) mass is 350 g/mol. The fraction of sp³-hybridized carbons (Fsp3) is 0.867. The van der Waals surface area contributed by atoms with Crippen LogP contribution < -0.4 is 0 Å². The molecule has 7 nitrogen and oxygen atoms in total. The summed E-state index contributed by atoms with van der Waals surface area (Å²) in [5, 5.41) is 37.1. The lowest BCUT2D eigenvalue weighted by atomic mass is 10.0. The zero-order valence-corrected chi connectivity index (χ0v) is 15.6. The number of carboxylic acids is 2. The SMILES string of the molecule is CC(C)(C)[Si](C)(C)OC(C[C@@H](O)CC(=O)O)C[C@@H](O)CC(=O)O. The van der Waals surface area contributed by atoms with Crippen LogP contribution in [0.15, 0.2) is 0 Å². The lowest BCUT2D eigenvalue weighted by Crippen LogP contribution is -2.45. The minimum atomic E-state index is -2.20. The number of hydrogen-bond donors (Lipinski definition) is 4. The molecule has 0 aromatic rings. The molecule has 136 valence electrons. The highest BCUT2D eigenvalue weighted by Gasteiger charge is 2.40. The summed E-state index contributed by atoms with van der Waals surface area (Å²) in [7, 11) is -2.20. The van der Waals surface area contributed by atoms with Gasteiger partial charge in [0, 0.05) is 6.10 Å². The van der Waals surface area contributed by atoms with E-state index >= 15 is 0 Å². The lowest BCUT2D eigenvalue weighted by molar-refractivity contribution is -0.140. The van der Waals surface area contributed by atoms with E-state index < -0.39 is 51.4 Å². The summed E-state index contributed by atoms with van der Waals surface area (Å²) in [5.74, 6) is -2.23. The van der Waals surface area contributed by atoms with E-state index in [0.29, 0.717) is 0 Å². The van der Waals surface area contributed by atoms with Gasteiger partial charge in [0.2, 0.25) is 0 Å². The van der Waals surface area contributed by atoms with Crippen molar-refractivity contribution in [3.05, 3.63) is 0 Å². The summed E-state index contributed by atoms with van der Waals surface area (Å²) in [4.78, 5) is 21.4. The second-order valence-corrected chi connectivity index (χ2v) is 12.2. The Bertz CT molecular complexity index is 379. The molecule has 2 atom stereocenters. The normalized spacial score (nSPS) is 15.5. The molecule has 0 rings (SSSR count). The first kappa shape index (κ1) is 22.0. The Morgan fingerprint density at radius 3 is 1.57 bits per heavy atom. The molecule has 0 aliphatic heterocycles. The maximum atomic E-state index is 10.7. The van der Waals surface area contributed by atoms with Gasteiger partial charge >= 0.3 is 11.9 Å². The molecule has 0 heterocycles. The van der Waals surface area contributed by atoms with E-state index in [-0.39, 0.29) is 17.9 Å². The summed E-state index contributed by atoms with van der Waals surface area (Å²) in [6, 6.07) is 0. The van der Waals surface area contributed by atoms with Gasteiger partial charge in [-0.2, -0.15) is 0 Å². The highest BCUT2D eigenvalue weighted by atomic mass is 28.4. The van der Waals surface area contributed by atoms with Crippen molar-refractivity contribution in [2.75, 3.05) is 0 Å². The summed E-state index contributed by atoms with van der Waals surface area (Å²) < 4.78 is 6.14. The van der Waals surface area contributed by atoms with E-state index in [1.54, 1.807) is 0 Å². The molecule has 0 unspecified atom stereocenters. The molecule has 0 saturated heterocycles. The number of carboxylic acid groups (broad SMARTS) is 2. The molecule has 0 saturated carbocycles. The van der Waals surface area contributed by atoms with Crippen LogP contribution in [0.5, 0.6) is 0 Å². The van der Waals surface area contributed by atoms with E-state index in [4.69, 9.17) is 14.6 Å². The topological polar surface area (TPSA) is 124 Å². The van der Waals surface area contributed by atoms with Crippen molar-refractivity contribution in [1.29, 1.82) is 0 Å². The Morgan fingerprint density at radius 1 is 0.957 bits per heavy atom. The quantitative estimate of drug-likeness (QED) is 0.443. The molecule has 23 heavy (non-hydrogen) atoms.